The highest BCUT2D eigenvalue weighted by molar-refractivity contribution is 7.92. The molecule has 1 amide bonds. The average Bonchev–Trinajstić information content (AvgIpc) is 3.18. The average molecular weight is 451 g/mol. The molecule has 1 heterocycles. The summed E-state index contributed by atoms with van der Waals surface area (Å²) >= 11 is 1.58. The zero-order chi connectivity index (χ0) is 21.7. The predicted molar refractivity (Wildman–Crippen MR) is 127 cm³/mol. The Morgan fingerprint density at radius 1 is 0.935 bits per heavy atom. The quantitative estimate of drug-likeness (QED) is 0.412. The first-order valence-corrected chi connectivity index (χ1v) is 12.6. The fourth-order valence-corrected chi connectivity index (χ4v) is 5.50. The molecule has 0 fully saturated rings. The number of carbonyl (C=O) groups is 1. The van der Waals surface area contributed by atoms with E-state index in [0.717, 1.165) is 26.4 Å². The van der Waals surface area contributed by atoms with E-state index >= 15 is 0 Å². The molecular formula is C24H22N2O3S2. The topological polar surface area (TPSA) is 76.1 Å². The van der Waals surface area contributed by atoms with Gasteiger partial charge in [0.2, 0.25) is 5.91 Å². The van der Waals surface area contributed by atoms with Crippen molar-refractivity contribution < 1.29 is 13.2 Å². The molecule has 0 atom stereocenters. The third-order valence-electron chi connectivity index (χ3n) is 4.80. The van der Waals surface area contributed by atoms with Crippen molar-refractivity contribution in [1.29, 1.82) is 0 Å². The SMILES string of the molecule is O=C(CS(=O)(=O)CCCc1ccccc1)Nc1cccc(-c2nc3ccccc3s2)c1. The Hall–Kier alpha value is -3.03. The second-order valence-corrected chi connectivity index (χ2v) is 10.5. The number of aromatic nitrogens is 1. The number of carbonyl (C=O) groups excluding carboxylic acids is 1. The van der Waals surface area contributed by atoms with Gasteiger partial charge in [0.05, 0.1) is 16.0 Å². The molecule has 0 aliphatic carbocycles. The van der Waals surface area contributed by atoms with Crippen LogP contribution < -0.4 is 5.32 Å². The van der Waals surface area contributed by atoms with Crippen LogP contribution in [0.3, 0.4) is 0 Å². The van der Waals surface area contributed by atoms with Crippen molar-refractivity contribution in [2.75, 3.05) is 16.8 Å². The molecule has 0 radical (unpaired) electrons. The lowest BCUT2D eigenvalue weighted by Gasteiger charge is -2.08. The first kappa shape index (κ1) is 21.2. The molecule has 0 spiro atoms. The Balaban J connectivity index is 1.36. The van der Waals surface area contributed by atoms with Gasteiger partial charge in [0.15, 0.2) is 9.84 Å². The molecule has 3 aromatic carbocycles. The van der Waals surface area contributed by atoms with E-state index in [-0.39, 0.29) is 5.75 Å². The molecule has 0 saturated heterocycles. The maximum Gasteiger partial charge on any atom is 0.239 e. The molecule has 158 valence electrons. The van der Waals surface area contributed by atoms with E-state index < -0.39 is 21.5 Å². The van der Waals surface area contributed by atoms with Gasteiger partial charge in [0, 0.05) is 11.3 Å². The summed E-state index contributed by atoms with van der Waals surface area (Å²) in [6.45, 7) is 0. The van der Waals surface area contributed by atoms with Crippen molar-refractivity contribution in [3.8, 4) is 10.6 Å². The van der Waals surface area contributed by atoms with Crippen molar-refractivity contribution in [3.05, 3.63) is 84.4 Å². The normalized spacial score (nSPS) is 11.5. The first-order valence-electron chi connectivity index (χ1n) is 9.99. The van der Waals surface area contributed by atoms with Gasteiger partial charge in [-0.15, -0.1) is 11.3 Å². The predicted octanol–water partition coefficient (Wildman–Crippen LogP) is 4.95. The van der Waals surface area contributed by atoms with Gasteiger partial charge in [-0.3, -0.25) is 4.79 Å². The van der Waals surface area contributed by atoms with Gasteiger partial charge in [-0.05, 0) is 42.7 Å². The molecule has 0 aliphatic heterocycles. The van der Waals surface area contributed by atoms with E-state index in [9.17, 15) is 13.2 Å². The first-order chi connectivity index (χ1) is 15.0. The van der Waals surface area contributed by atoms with E-state index in [1.807, 2.05) is 72.8 Å². The molecule has 31 heavy (non-hydrogen) atoms. The van der Waals surface area contributed by atoms with E-state index in [1.54, 1.807) is 17.4 Å². The molecule has 0 unspecified atom stereocenters. The van der Waals surface area contributed by atoms with Crippen molar-refractivity contribution in [1.82, 2.24) is 4.98 Å². The van der Waals surface area contributed by atoms with E-state index in [4.69, 9.17) is 0 Å². The van der Waals surface area contributed by atoms with Crippen LogP contribution in [0.2, 0.25) is 0 Å². The third-order valence-corrected chi connectivity index (χ3v) is 7.50. The minimum atomic E-state index is -3.47. The Morgan fingerprint density at radius 2 is 1.71 bits per heavy atom. The van der Waals surface area contributed by atoms with Gasteiger partial charge in [0.25, 0.3) is 0 Å². The fourth-order valence-electron chi connectivity index (χ4n) is 3.34. The fraction of sp³-hybridized carbons (Fsp3) is 0.167. The van der Waals surface area contributed by atoms with E-state index in [0.29, 0.717) is 18.5 Å². The number of hydrogen-bond acceptors (Lipinski definition) is 5. The summed E-state index contributed by atoms with van der Waals surface area (Å²) in [6.07, 6.45) is 1.17. The van der Waals surface area contributed by atoms with Gasteiger partial charge < -0.3 is 5.32 Å². The van der Waals surface area contributed by atoms with Crippen molar-refractivity contribution in [2.45, 2.75) is 12.8 Å². The summed E-state index contributed by atoms with van der Waals surface area (Å²) in [5.74, 6) is -1.06. The molecular weight excluding hydrogens is 428 g/mol. The molecule has 4 rings (SSSR count). The molecule has 1 N–H and O–H groups in total. The summed E-state index contributed by atoms with van der Waals surface area (Å²) in [5.41, 5.74) is 3.46. The molecule has 1 aromatic heterocycles. The summed E-state index contributed by atoms with van der Waals surface area (Å²) < 4.78 is 25.8. The molecule has 7 heteroatoms. The zero-order valence-electron chi connectivity index (χ0n) is 16.8. The number of hydrogen-bond donors (Lipinski definition) is 1. The summed E-state index contributed by atoms with van der Waals surface area (Å²) in [6, 6.07) is 24.9. The maximum absolute atomic E-state index is 12.3. The van der Waals surface area contributed by atoms with E-state index in [2.05, 4.69) is 10.3 Å². The number of para-hydroxylation sites is 1. The standard InChI is InChI=1S/C24H22N2O3S2/c27-23(17-31(28,29)15-7-10-18-8-2-1-3-9-18)25-20-12-6-11-19(16-20)24-26-21-13-4-5-14-22(21)30-24/h1-6,8-9,11-14,16H,7,10,15,17H2,(H,25,27). The minimum Gasteiger partial charge on any atom is -0.325 e. The molecule has 4 aromatic rings. The number of fused-ring (bicyclic) bond motifs is 1. The van der Waals surface area contributed by atoms with Gasteiger partial charge in [-0.1, -0.05) is 54.6 Å². The highest BCUT2D eigenvalue weighted by Gasteiger charge is 2.17. The van der Waals surface area contributed by atoms with Crippen LogP contribution in [0.5, 0.6) is 0 Å². The number of nitrogens with zero attached hydrogens (tertiary/aromatic N) is 1. The van der Waals surface area contributed by atoms with Gasteiger partial charge in [0.1, 0.15) is 10.8 Å². The molecule has 0 aliphatic rings. The van der Waals surface area contributed by atoms with Crippen LogP contribution in [0, 0.1) is 0 Å². The van der Waals surface area contributed by atoms with Crippen LogP contribution in [-0.2, 0) is 21.1 Å². The van der Waals surface area contributed by atoms with Crippen LogP contribution in [0.25, 0.3) is 20.8 Å². The Bertz CT molecular complexity index is 1270. The number of nitrogens with one attached hydrogen (secondary N) is 1. The highest BCUT2D eigenvalue weighted by Crippen LogP contribution is 2.31. The summed E-state index contributed by atoms with van der Waals surface area (Å²) in [7, 11) is -3.47. The van der Waals surface area contributed by atoms with Gasteiger partial charge in [-0.2, -0.15) is 0 Å². The van der Waals surface area contributed by atoms with Crippen molar-refractivity contribution in [2.24, 2.45) is 0 Å². The monoisotopic (exact) mass is 450 g/mol. The second-order valence-electron chi connectivity index (χ2n) is 7.30. The van der Waals surface area contributed by atoms with Gasteiger partial charge in [-0.25, -0.2) is 13.4 Å². The lowest BCUT2D eigenvalue weighted by Crippen LogP contribution is -2.24. The Kier molecular flexibility index (Phi) is 6.44. The number of aryl methyl sites for hydroxylation is 1. The highest BCUT2D eigenvalue weighted by atomic mass is 32.2. The summed E-state index contributed by atoms with van der Waals surface area (Å²) in [5, 5.41) is 3.56. The lowest BCUT2D eigenvalue weighted by atomic mass is 10.1. The Labute approximate surface area is 185 Å². The number of thiazole rings is 1. The van der Waals surface area contributed by atoms with Crippen molar-refractivity contribution in [3.63, 3.8) is 0 Å². The van der Waals surface area contributed by atoms with Crippen LogP contribution >= 0.6 is 11.3 Å². The zero-order valence-corrected chi connectivity index (χ0v) is 18.5. The minimum absolute atomic E-state index is 0.0128. The third kappa shape index (κ3) is 5.77. The number of rotatable bonds is 8. The maximum atomic E-state index is 12.3. The second kappa shape index (κ2) is 9.41. The van der Waals surface area contributed by atoms with E-state index in [1.165, 1.54) is 0 Å². The van der Waals surface area contributed by atoms with Crippen LogP contribution in [0.1, 0.15) is 12.0 Å². The number of amides is 1. The van der Waals surface area contributed by atoms with Crippen LogP contribution in [0.15, 0.2) is 78.9 Å². The Morgan fingerprint density at radius 3 is 2.52 bits per heavy atom. The largest absolute Gasteiger partial charge is 0.325 e. The van der Waals surface area contributed by atoms with Gasteiger partial charge >= 0.3 is 0 Å². The summed E-state index contributed by atoms with van der Waals surface area (Å²) in [4.78, 5) is 17.0. The van der Waals surface area contributed by atoms with Crippen molar-refractivity contribution >= 4 is 43.0 Å². The number of benzene rings is 3. The lowest BCUT2D eigenvalue weighted by molar-refractivity contribution is -0.113. The molecule has 0 bridgehead atoms. The smallest absolute Gasteiger partial charge is 0.239 e. The van der Waals surface area contributed by atoms with Crippen LogP contribution in [-0.4, -0.2) is 30.8 Å². The van der Waals surface area contributed by atoms with Crippen LogP contribution in [0.4, 0.5) is 5.69 Å². The molecule has 5 nitrogen and oxygen atoms in total. The number of anilines is 1. The number of sulfone groups is 1. The molecule has 0 saturated carbocycles.